The minimum Gasteiger partial charge on any atom is -0.368 e. The van der Waals surface area contributed by atoms with E-state index in [4.69, 9.17) is 10.5 Å². The van der Waals surface area contributed by atoms with E-state index >= 15 is 0 Å². The van der Waals surface area contributed by atoms with Crippen LogP contribution in [-0.4, -0.2) is 39.1 Å². The van der Waals surface area contributed by atoms with Crippen molar-refractivity contribution < 1.29 is 22.7 Å². The van der Waals surface area contributed by atoms with Gasteiger partial charge in [-0.25, -0.2) is 8.42 Å². The molecule has 0 spiro atoms. The summed E-state index contributed by atoms with van der Waals surface area (Å²) < 4.78 is 29.9. The third-order valence-electron chi connectivity index (χ3n) is 4.01. The molecular weight excluding hydrogens is 368 g/mol. The number of methoxy groups -OCH3 is 1. The molecule has 2 aromatic rings. The zero-order valence-electron chi connectivity index (χ0n) is 14.9. The Morgan fingerprint density at radius 2 is 1.59 bits per heavy atom. The molecule has 0 saturated carbocycles. The van der Waals surface area contributed by atoms with Gasteiger partial charge in [-0.1, -0.05) is 48.5 Å². The second-order valence-corrected chi connectivity index (χ2v) is 8.02. The first-order chi connectivity index (χ1) is 12.8. The number of amides is 2. The summed E-state index contributed by atoms with van der Waals surface area (Å²) in [5.74, 6) is -1.70. The van der Waals surface area contributed by atoms with Gasteiger partial charge in [-0.3, -0.25) is 9.59 Å². The molecule has 0 bridgehead atoms. The number of primary amides is 1. The van der Waals surface area contributed by atoms with E-state index in [1.807, 2.05) is 0 Å². The summed E-state index contributed by atoms with van der Waals surface area (Å²) in [6.07, 6.45) is -1.07. The monoisotopic (exact) mass is 390 g/mol. The van der Waals surface area contributed by atoms with Gasteiger partial charge in [0.15, 0.2) is 15.9 Å². The van der Waals surface area contributed by atoms with E-state index in [-0.39, 0.29) is 17.1 Å². The number of ether oxygens (including phenoxy) is 1. The van der Waals surface area contributed by atoms with E-state index in [1.165, 1.54) is 19.2 Å². The number of hydrogen-bond acceptors (Lipinski definition) is 5. The van der Waals surface area contributed by atoms with Crippen molar-refractivity contribution in [3.8, 4) is 0 Å². The Morgan fingerprint density at radius 1 is 1.04 bits per heavy atom. The van der Waals surface area contributed by atoms with Crippen molar-refractivity contribution in [2.24, 2.45) is 5.73 Å². The maximum absolute atomic E-state index is 12.5. The van der Waals surface area contributed by atoms with Crippen LogP contribution in [0.25, 0.3) is 0 Å². The molecule has 0 aliphatic rings. The average Bonchev–Trinajstić information content (AvgIpc) is 2.67. The maximum atomic E-state index is 12.5. The number of sulfone groups is 1. The molecule has 0 fully saturated rings. The summed E-state index contributed by atoms with van der Waals surface area (Å²) in [6, 6.07) is 15.5. The molecule has 0 saturated heterocycles. The van der Waals surface area contributed by atoms with Crippen LogP contribution in [0.3, 0.4) is 0 Å². The molecule has 0 aliphatic carbocycles. The van der Waals surface area contributed by atoms with Crippen molar-refractivity contribution in [3.63, 3.8) is 0 Å². The molecule has 2 rings (SSSR count). The van der Waals surface area contributed by atoms with Crippen LogP contribution in [0.15, 0.2) is 65.6 Å². The Labute approximate surface area is 158 Å². The zero-order chi connectivity index (χ0) is 19.9. The van der Waals surface area contributed by atoms with Crippen LogP contribution >= 0.6 is 0 Å². The highest BCUT2D eigenvalue weighted by atomic mass is 32.2. The van der Waals surface area contributed by atoms with Crippen LogP contribution < -0.4 is 11.1 Å². The summed E-state index contributed by atoms with van der Waals surface area (Å²) in [5.41, 5.74) is 5.95. The highest BCUT2D eigenvalue weighted by Crippen LogP contribution is 2.17. The number of nitrogens with two attached hydrogens (primary N) is 1. The SMILES string of the molecule is CO[C@@H](C(=O)N[C@@H](CCS(=O)(=O)c1ccccc1)C(N)=O)c1ccccc1. The standard InChI is InChI=1S/C19H22N2O5S/c1-26-17(14-8-4-2-5-9-14)19(23)21-16(18(20)22)12-13-27(24,25)15-10-6-3-7-11-15/h2-11,16-17H,12-13H2,1H3,(H2,20,22)(H,21,23)/t16-,17+/m0/s1. The van der Waals surface area contributed by atoms with Crippen molar-refractivity contribution in [2.45, 2.75) is 23.5 Å². The van der Waals surface area contributed by atoms with Gasteiger partial charge in [-0.05, 0) is 24.1 Å². The third-order valence-corrected chi connectivity index (χ3v) is 5.78. The molecule has 0 aliphatic heterocycles. The smallest absolute Gasteiger partial charge is 0.254 e. The minimum absolute atomic E-state index is 0.135. The van der Waals surface area contributed by atoms with Gasteiger partial charge in [0, 0.05) is 7.11 Å². The maximum Gasteiger partial charge on any atom is 0.254 e. The van der Waals surface area contributed by atoms with Gasteiger partial charge in [-0.2, -0.15) is 0 Å². The molecule has 0 heterocycles. The molecule has 3 N–H and O–H groups in total. The summed E-state index contributed by atoms with van der Waals surface area (Å²) in [7, 11) is -2.22. The number of benzene rings is 2. The lowest BCUT2D eigenvalue weighted by Gasteiger charge is -2.20. The van der Waals surface area contributed by atoms with Crippen molar-refractivity contribution in [2.75, 3.05) is 12.9 Å². The molecule has 144 valence electrons. The molecule has 2 atom stereocenters. The zero-order valence-corrected chi connectivity index (χ0v) is 15.7. The first kappa shape index (κ1) is 20.6. The number of carbonyl (C=O) groups is 2. The van der Waals surface area contributed by atoms with Crippen LogP contribution in [0, 0.1) is 0 Å². The van der Waals surface area contributed by atoms with Gasteiger partial charge < -0.3 is 15.8 Å². The molecule has 0 unspecified atom stereocenters. The average molecular weight is 390 g/mol. The molecule has 8 heteroatoms. The van der Waals surface area contributed by atoms with E-state index in [9.17, 15) is 18.0 Å². The first-order valence-corrected chi connectivity index (χ1v) is 9.95. The van der Waals surface area contributed by atoms with Gasteiger partial charge >= 0.3 is 0 Å². The van der Waals surface area contributed by atoms with Crippen molar-refractivity contribution in [1.29, 1.82) is 0 Å². The number of carbonyl (C=O) groups excluding carboxylic acids is 2. The molecule has 7 nitrogen and oxygen atoms in total. The number of hydrogen-bond donors (Lipinski definition) is 2. The molecular formula is C19H22N2O5S. The van der Waals surface area contributed by atoms with E-state index < -0.39 is 33.8 Å². The molecule has 2 amide bonds. The van der Waals surface area contributed by atoms with Gasteiger partial charge in [-0.15, -0.1) is 0 Å². The van der Waals surface area contributed by atoms with Crippen molar-refractivity contribution in [3.05, 3.63) is 66.2 Å². The lowest BCUT2D eigenvalue weighted by molar-refractivity contribution is -0.135. The second-order valence-electron chi connectivity index (χ2n) is 5.91. The Bertz CT molecular complexity index is 869. The van der Waals surface area contributed by atoms with Gasteiger partial charge in [0.2, 0.25) is 5.91 Å². The van der Waals surface area contributed by atoms with Crippen LogP contribution in [0.2, 0.25) is 0 Å². The van der Waals surface area contributed by atoms with E-state index in [0.29, 0.717) is 5.56 Å². The summed E-state index contributed by atoms with van der Waals surface area (Å²) in [4.78, 5) is 24.3. The molecule has 2 aromatic carbocycles. The molecule has 0 aromatic heterocycles. The van der Waals surface area contributed by atoms with Crippen LogP contribution in [-0.2, 0) is 24.2 Å². The summed E-state index contributed by atoms with van der Waals surface area (Å²) >= 11 is 0. The summed E-state index contributed by atoms with van der Waals surface area (Å²) in [5, 5.41) is 2.49. The highest BCUT2D eigenvalue weighted by Gasteiger charge is 2.27. The van der Waals surface area contributed by atoms with E-state index in [1.54, 1.807) is 48.5 Å². The Morgan fingerprint density at radius 3 is 2.11 bits per heavy atom. The topological polar surface area (TPSA) is 116 Å². The Kier molecular flexibility index (Phi) is 7.09. The Balaban J connectivity index is 2.07. The largest absolute Gasteiger partial charge is 0.368 e. The minimum atomic E-state index is -3.59. The van der Waals surface area contributed by atoms with Gasteiger partial charge in [0.25, 0.3) is 5.91 Å². The van der Waals surface area contributed by atoms with Gasteiger partial charge in [0.1, 0.15) is 6.04 Å². The van der Waals surface area contributed by atoms with Crippen LogP contribution in [0.1, 0.15) is 18.1 Å². The van der Waals surface area contributed by atoms with Crippen LogP contribution in [0.4, 0.5) is 0 Å². The fourth-order valence-corrected chi connectivity index (χ4v) is 3.93. The van der Waals surface area contributed by atoms with E-state index in [2.05, 4.69) is 5.32 Å². The van der Waals surface area contributed by atoms with Crippen molar-refractivity contribution >= 4 is 21.7 Å². The predicted molar refractivity (Wildman–Crippen MR) is 100 cm³/mol. The first-order valence-electron chi connectivity index (χ1n) is 8.30. The second kappa shape index (κ2) is 9.29. The Hall–Kier alpha value is -2.71. The fourth-order valence-electron chi connectivity index (χ4n) is 2.57. The molecule has 27 heavy (non-hydrogen) atoms. The normalized spacial score (nSPS) is 13.5. The quantitative estimate of drug-likeness (QED) is 0.668. The number of nitrogens with one attached hydrogen (secondary N) is 1. The fraction of sp³-hybridized carbons (Fsp3) is 0.263. The number of rotatable bonds is 9. The van der Waals surface area contributed by atoms with E-state index in [0.717, 1.165) is 0 Å². The van der Waals surface area contributed by atoms with Gasteiger partial charge in [0.05, 0.1) is 10.6 Å². The predicted octanol–water partition coefficient (Wildman–Crippen LogP) is 1.21. The lowest BCUT2D eigenvalue weighted by atomic mass is 10.1. The van der Waals surface area contributed by atoms with Crippen LogP contribution in [0.5, 0.6) is 0 Å². The van der Waals surface area contributed by atoms with Crippen molar-refractivity contribution in [1.82, 2.24) is 5.32 Å². The third kappa shape index (κ3) is 5.63. The highest BCUT2D eigenvalue weighted by molar-refractivity contribution is 7.91. The lowest BCUT2D eigenvalue weighted by Crippen LogP contribution is -2.47. The summed E-state index contributed by atoms with van der Waals surface area (Å²) in [6.45, 7) is 0. The molecule has 0 radical (unpaired) electrons.